The molecule has 1 aromatic rings. The van der Waals surface area contributed by atoms with E-state index >= 15 is 0 Å². The summed E-state index contributed by atoms with van der Waals surface area (Å²) in [5, 5.41) is 12.1. The molecule has 1 aliphatic carbocycles. The van der Waals surface area contributed by atoms with Gasteiger partial charge in [-0.05, 0) is 26.4 Å². The Morgan fingerprint density at radius 1 is 1.50 bits per heavy atom. The van der Waals surface area contributed by atoms with Crippen molar-refractivity contribution in [2.75, 3.05) is 31.2 Å². The van der Waals surface area contributed by atoms with E-state index in [9.17, 15) is 0 Å². The normalized spacial score (nSPS) is 17.1. The Hall–Kier alpha value is -1.87. The predicted molar refractivity (Wildman–Crippen MR) is 79.2 cm³/mol. The molecule has 1 fully saturated rings. The molecule has 3 N–H and O–H groups in total. The third-order valence-electron chi connectivity index (χ3n) is 4.33. The Morgan fingerprint density at radius 3 is 2.75 bits per heavy atom. The number of hydrogen-bond acceptors (Lipinski definition) is 6. The predicted octanol–water partition coefficient (Wildman–Crippen LogP) is 1.61. The average Bonchev–Trinajstić information content (AvgIpc) is 2.94. The molecule has 0 saturated heterocycles. The van der Waals surface area contributed by atoms with Gasteiger partial charge in [0.25, 0.3) is 0 Å². The second kappa shape index (κ2) is 6.06. The van der Waals surface area contributed by atoms with E-state index in [2.05, 4.69) is 34.2 Å². The summed E-state index contributed by atoms with van der Waals surface area (Å²) in [4.78, 5) is 10.7. The maximum absolute atomic E-state index is 8.82. The SMILES string of the molecule is CCN(C)C1(CNc2ncc(C#N)c(N)n2)CCCC1. The maximum atomic E-state index is 8.82. The third kappa shape index (κ3) is 2.83. The molecule has 0 amide bonds. The van der Waals surface area contributed by atoms with Crippen LogP contribution in [0.4, 0.5) is 11.8 Å². The van der Waals surface area contributed by atoms with Crippen LogP contribution in [0.15, 0.2) is 6.20 Å². The zero-order chi connectivity index (χ0) is 14.6. The first-order chi connectivity index (χ1) is 9.61. The van der Waals surface area contributed by atoms with Crippen LogP contribution < -0.4 is 11.1 Å². The summed E-state index contributed by atoms with van der Waals surface area (Å²) in [6, 6.07) is 1.97. The molecule has 1 aliphatic rings. The summed E-state index contributed by atoms with van der Waals surface area (Å²) in [6.45, 7) is 4.01. The van der Waals surface area contributed by atoms with Crippen molar-refractivity contribution in [1.82, 2.24) is 14.9 Å². The molecule has 0 spiro atoms. The van der Waals surface area contributed by atoms with E-state index in [0.29, 0.717) is 11.5 Å². The minimum absolute atomic E-state index is 0.181. The van der Waals surface area contributed by atoms with Crippen LogP contribution in [0.3, 0.4) is 0 Å². The van der Waals surface area contributed by atoms with Gasteiger partial charge < -0.3 is 11.1 Å². The van der Waals surface area contributed by atoms with Crippen LogP contribution in [0.5, 0.6) is 0 Å². The Labute approximate surface area is 120 Å². The summed E-state index contributed by atoms with van der Waals surface area (Å²) in [5.41, 5.74) is 6.21. The monoisotopic (exact) mass is 274 g/mol. The Bertz CT molecular complexity index is 501. The molecule has 1 saturated carbocycles. The number of aromatic nitrogens is 2. The van der Waals surface area contributed by atoms with Gasteiger partial charge in [-0.2, -0.15) is 10.2 Å². The molecule has 108 valence electrons. The smallest absolute Gasteiger partial charge is 0.224 e. The minimum Gasteiger partial charge on any atom is -0.382 e. The number of nitrogens with one attached hydrogen (secondary N) is 1. The van der Waals surface area contributed by atoms with E-state index in [0.717, 1.165) is 13.1 Å². The summed E-state index contributed by atoms with van der Waals surface area (Å²) in [6.07, 6.45) is 6.38. The van der Waals surface area contributed by atoms with E-state index < -0.39 is 0 Å². The Morgan fingerprint density at radius 2 is 2.20 bits per heavy atom. The van der Waals surface area contributed by atoms with Crippen molar-refractivity contribution in [3.05, 3.63) is 11.8 Å². The largest absolute Gasteiger partial charge is 0.382 e. The second-order valence-electron chi connectivity index (χ2n) is 5.40. The highest BCUT2D eigenvalue weighted by Gasteiger charge is 2.36. The fourth-order valence-electron chi connectivity index (χ4n) is 2.87. The van der Waals surface area contributed by atoms with Gasteiger partial charge in [-0.3, -0.25) is 4.90 Å². The van der Waals surface area contributed by atoms with Crippen molar-refractivity contribution in [2.45, 2.75) is 38.1 Å². The number of nitrogen functional groups attached to an aromatic ring is 1. The summed E-state index contributed by atoms with van der Waals surface area (Å²) in [5.74, 6) is 0.728. The number of nitrogens with two attached hydrogens (primary N) is 1. The molecule has 0 aromatic carbocycles. The molecule has 1 heterocycles. The maximum Gasteiger partial charge on any atom is 0.224 e. The van der Waals surface area contributed by atoms with Gasteiger partial charge in [0.15, 0.2) is 0 Å². The molecule has 0 radical (unpaired) electrons. The molecule has 0 atom stereocenters. The highest BCUT2D eigenvalue weighted by Crippen LogP contribution is 2.34. The molecule has 6 nitrogen and oxygen atoms in total. The fourth-order valence-corrected chi connectivity index (χ4v) is 2.87. The fraction of sp³-hybridized carbons (Fsp3) is 0.643. The van der Waals surface area contributed by atoms with Crippen LogP contribution >= 0.6 is 0 Å². The van der Waals surface area contributed by atoms with Gasteiger partial charge >= 0.3 is 0 Å². The van der Waals surface area contributed by atoms with Crippen LogP contribution in [-0.4, -0.2) is 40.5 Å². The zero-order valence-corrected chi connectivity index (χ0v) is 12.2. The van der Waals surface area contributed by atoms with Crippen molar-refractivity contribution in [2.24, 2.45) is 0 Å². The van der Waals surface area contributed by atoms with E-state index in [-0.39, 0.29) is 11.4 Å². The van der Waals surface area contributed by atoms with E-state index in [1.54, 1.807) is 0 Å². The number of hydrogen-bond donors (Lipinski definition) is 2. The number of likely N-dealkylation sites (N-methyl/N-ethyl adjacent to an activating group) is 1. The molecule has 2 rings (SSSR count). The second-order valence-corrected chi connectivity index (χ2v) is 5.40. The average molecular weight is 274 g/mol. The van der Waals surface area contributed by atoms with Crippen LogP contribution in [0.25, 0.3) is 0 Å². The van der Waals surface area contributed by atoms with Gasteiger partial charge in [-0.15, -0.1) is 0 Å². The van der Waals surface area contributed by atoms with Gasteiger partial charge in [0, 0.05) is 12.1 Å². The summed E-state index contributed by atoms with van der Waals surface area (Å²) >= 11 is 0. The standard InChI is InChI=1S/C14H22N6/c1-3-20(2)14(6-4-5-7-14)10-18-13-17-9-11(8-15)12(16)19-13/h9H,3-7,10H2,1-2H3,(H3,16,17,18,19). The van der Waals surface area contributed by atoms with E-state index in [1.165, 1.54) is 31.9 Å². The number of nitriles is 1. The molecule has 0 bridgehead atoms. The number of rotatable bonds is 5. The lowest BCUT2D eigenvalue weighted by molar-refractivity contribution is 0.144. The Balaban J connectivity index is 2.07. The minimum atomic E-state index is 0.181. The first kappa shape index (κ1) is 14.5. The molecule has 6 heteroatoms. The van der Waals surface area contributed by atoms with Crippen molar-refractivity contribution in [3.8, 4) is 6.07 Å². The lowest BCUT2D eigenvalue weighted by Crippen LogP contribution is -2.49. The van der Waals surface area contributed by atoms with Gasteiger partial charge in [0.1, 0.15) is 17.5 Å². The Kier molecular flexibility index (Phi) is 4.40. The lowest BCUT2D eigenvalue weighted by Gasteiger charge is -2.38. The summed E-state index contributed by atoms with van der Waals surface area (Å²) in [7, 11) is 2.17. The number of anilines is 2. The van der Waals surface area contributed by atoms with Crippen molar-refractivity contribution in [1.29, 1.82) is 5.26 Å². The van der Waals surface area contributed by atoms with Crippen LogP contribution in [0.2, 0.25) is 0 Å². The molecular weight excluding hydrogens is 252 g/mol. The van der Waals surface area contributed by atoms with E-state index in [1.807, 2.05) is 6.07 Å². The van der Waals surface area contributed by atoms with Crippen LogP contribution in [-0.2, 0) is 0 Å². The van der Waals surface area contributed by atoms with Crippen molar-refractivity contribution < 1.29 is 0 Å². The van der Waals surface area contributed by atoms with Gasteiger partial charge in [0.05, 0.1) is 6.20 Å². The first-order valence-electron chi connectivity index (χ1n) is 7.09. The lowest BCUT2D eigenvalue weighted by atomic mass is 9.95. The molecule has 1 aromatic heterocycles. The third-order valence-corrected chi connectivity index (χ3v) is 4.33. The molecule has 0 unspecified atom stereocenters. The van der Waals surface area contributed by atoms with Crippen LogP contribution in [0.1, 0.15) is 38.2 Å². The van der Waals surface area contributed by atoms with Crippen LogP contribution in [0, 0.1) is 11.3 Å². The van der Waals surface area contributed by atoms with Crippen molar-refractivity contribution in [3.63, 3.8) is 0 Å². The highest BCUT2D eigenvalue weighted by molar-refractivity contribution is 5.49. The quantitative estimate of drug-likeness (QED) is 0.847. The number of nitrogens with zero attached hydrogens (tertiary/aromatic N) is 4. The highest BCUT2D eigenvalue weighted by atomic mass is 15.2. The van der Waals surface area contributed by atoms with Gasteiger partial charge in [-0.1, -0.05) is 19.8 Å². The first-order valence-corrected chi connectivity index (χ1v) is 7.09. The van der Waals surface area contributed by atoms with Crippen molar-refractivity contribution >= 4 is 11.8 Å². The van der Waals surface area contributed by atoms with Gasteiger partial charge in [0.2, 0.25) is 5.95 Å². The molecule has 20 heavy (non-hydrogen) atoms. The summed E-state index contributed by atoms with van der Waals surface area (Å²) < 4.78 is 0. The molecule has 0 aliphatic heterocycles. The molecular formula is C14H22N6. The zero-order valence-electron chi connectivity index (χ0n) is 12.2. The van der Waals surface area contributed by atoms with E-state index in [4.69, 9.17) is 11.0 Å². The van der Waals surface area contributed by atoms with Gasteiger partial charge in [-0.25, -0.2) is 4.98 Å². The topological polar surface area (TPSA) is 90.9 Å².